The van der Waals surface area contributed by atoms with Crippen molar-refractivity contribution < 1.29 is 22.1 Å². The molecule has 2 aliphatic rings. The summed E-state index contributed by atoms with van der Waals surface area (Å²) < 4.78 is 35.9. The van der Waals surface area contributed by atoms with Crippen LogP contribution in [0.15, 0.2) is 29.2 Å². The van der Waals surface area contributed by atoms with Crippen LogP contribution in [0.3, 0.4) is 0 Å². The molecule has 27 heavy (non-hydrogen) atoms. The van der Waals surface area contributed by atoms with Gasteiger partial charge in [0.25, 0.3) is 16.0 Å². The third-order valence-electron chi connectivity index (χ3n) is 5.21. The van der Waals surface area contributed by atoms with Crippen LogP contribution in [0.4, 0.5) is 0 Å². The van der Waals surface area contributed by atoms with Crippen molar-refractivity contribution in [2.45, 2.75) is 88.7 Å². The maximum Gasteiger partial charge on any atom is 0.297 e. The van der Waals surface area contributed by atoms with Crippen LogP contribution < -0.4 is 0 Å². The van der Waals surface area contributed by atoms with Crippen LogP contribution in [-0.2, 0) is 23.8 Å². The van der Waals surface area contributed by atoms with Crippen molar-refractivity contribution in [2.24, 2.45) is 0 Å². The van der Waals surface area contributed by atoms with Crippen molar-refractivity contribution >= 4 is 16.0 Å². The molecule has 1 aliphatic carbocycles. The lowest BCUT2D eigenvalue weighted by Crippen LogP contribution is -2.48. The Bertz CT molecular complexity index is 791. The van der Waals surface area contributed by atoms with E-state index in [1.54, 1.807) is 24.3 Å². The largest absolute Gasteiger partial charge is 0.365 e. The molecular formula is C20H29NO5S. The van der Waals surface area contributed by atoms with E-state index in [1.165, 1.54) is 0 Å². The van der Waals surface area contributed by atoms with E-state index in [0.717, 1.165) is 5.56 Å². The first kappa shape index (κ1) is 20.3. The smallest absolute Gasteiger partial charge is 0.297 e. The molecule has 1 amide bonds. The summed E-state index contributed by atoms with van der Waals surface area (Å²) >= 11 is 0. The van der Waals surface area contributed by atoms with Gasteiger partial charge in [-0.2, -0.15) is 8.42 Å². The highest BCUT2D eigenvalue weighted by atomic mass is 32.2. The zero-order valence-corrected chi connectivity index (χ0v) is 17.5. The average Bonchev–Trinajstić information content (AvgIpc) is 2.79. The van der Waals surface area contributed by atoms with Gasteiger partial charge >= 0.3 is 0 Å². The monoisotopic (exact) mass is 395 g/mol. The molecule has 1 aliphatic heterocycles. The minimum absolute atomic E-state index is 0.0200. The van der Waals surface area contributed by atoms with E-state index in [0.29, 0.717) is 19.3 Å². The molecule has 0 aromatic heterocycles. The van der Waals surface area contributed by atoms with Crippen molar-refractivity contribution in [3.63, 3.8) is 0 Å². The van der Waals surface area contributed by atoms with Gasteiger partial charge in [-0.25, -0.2) is 0 Å². The SMILES string of the molecule is Cc1ccc(S(=O)(=O)OC2CC(OC3CC(C)N(C(C)(C)C)C3=O)C2)cc1. The molecule has 0 radical (unpaired) electrons. The van der Waals surface area contributed by atoms with Gasteiger partial charge in [0.2, 0.25) is 0 Å². The Morgan fingerprint density at radius 2 is 1.63 bits per heavy atom. The normalized spacial score (nSPS) is 29.1. The van der Waals surface area contributed by atoms with Gasteiger partial charge in [-0.05, 0) is 46.8 Å². The Hall–Kier alpha value is -1.44. The van der Waals surface area contributed by atoms with Crippen LogP contribution in [0.5, 0.6) is 0 Å². The number of nitrogens with zero attached hydrogens (tertiary/aromatic N) is 1. The summed E-state index contributed by atoms with van der Waals surface area (Å²) in [6.45, 7) is 10.00. The molecule has 150 valence electrons. The second-order valence-electron chi connectivity index (χ2n) is 8.67. The topological polar surface area (TPSA) is 72.9 Å². The van der Waals surface area contributed by atoms with E-state index in [4.69, 9.17) is 8.92 Å². The van der Waals surface area contributed by atoms with Crippen LogP contribution in [0.25, 0.3) is 0 Å². The summed E-state index contributed by atoms with van der Waals surface area (Å²) in [7, 11) is -3.77. The van der Waals surface area contributed by atoms with Crippen LogP contribution in [0, 0.1) is 6.92 Å². The highest BCUT2D eigenvalue weighted by Gasteiger charge is 2.46. The number of hydrogen-bond acceptors (Lipinski definition) is 5. The van der Waals surface area contributed by atoms with Gasteiger partial charge in [0.05, 0.1) is 17.1 Å². The predicted molar refractivity (Wildman–Crippen MR) is 102 cm³/mol. The third-order valence-corrected chi connectivity index (χ3v) is 6.59. The molecule has 0 N–H and O–H groups in total. The zero-order valence-electron chi connectivity index (χ0n) is 16.6. The molecule has 1 saturated carbocycles. The summed E-state index contributed by atoms with van der Waals surface area (Å²) in [4.78, 5) is 14.7. The van der Waals surface area contributed by atoms with E-state index in [9.17, 15) is 13.2 Å². The van der Waals surface area contributed by atoms with Gasteiger partial charge in [0.15, 0.2) is 0 Å². The molecule has 6 nitrogen and oxygen atoms in total. The van der Waals surface area contributed by atoms with E-state index in [1.807, 2.05) is 39.5 Å². The highest BCUT2D eigenvalue weighted by molar-refractivity contribution is 7.86. The molecule has 1 heterocycles. The summed E-state index contributed by atoms with van der Waals surface area (Å²) in [5, 5.41) is 0. The number of carbonyl (C=O) groups excluding carboxylic acids is 1. The quantitative estimate of drug-likeness (QED) is 0.717. The molecule has 2 fully saturated rings. The van der Waals surface area contributed by atoms with Crippen molar-refractivity contribution in [3.05, 3.63) is 29.8 Å². The van der Waals surface area contributed by atoms with Gasteiger partial charge < -0.3 is 9.64 Å². The predicted octanol–water partition coefficient (Wildman–Crippen LogP) is 3.04. The van der Waals surface area contributed by atoms with Crippen molar-refractivity contribution in [3.8, 4) is 0 Å². The first-order valence-electron chi connectivity index (χ1n) is 9.46. The summed E-state index contributed by atoms with van der Waals surface area (Å²) in [5.74, 6) is 0.0200. The molecule has 0 spiro atoms. The maximum atomic E-state index is 12.6. The molecule has 7 heteroatoms. The van der Waals surface area contributed by atoms with E-state index in [-0.39, 0.29) is 28.5 Å². The van der Waals surface area contributed by atoms with Crippen LogP contribution in [0.1, 0.15) is 52.5 Å². The van der Waals surface area contributed by atoms with Crippen LogP contribution >= 0.6 is 0 Å². The number of rotatable bonds is 5. The second-order valence-corrected chi connectivity index (χ2v) is 10.2. The Labute approximate surface area is 162 Å². The Balaban J connectivity index is 1.52. The molecule has 0 bridgehead atoms. The third kappa shape index (κ3) is 4.36. The maximum absolute atomic E-state index is 12.6. The van der Waals surface area contributed by atoms with Crippen molar-refractivity contribution in [1.29, 1.82) is 0 Å². The number of aryl methyl sites for hydroxylation is 1. The highest BCUT2D eigenvalue weighted by Crippen LogP contribution is 2.35. The molecule has 1 aromatic carbocycles. The number of benzene rings is 1. The zero-order chi connectivity index (χ0) is 20.0. The Morgan fingerprint density at radius 3 is 2.15 bits per heavy atom. The molecule has 2 atom stereocenters. The summed E-state index contributed by atoms with van der Waals surface area (Å²) in [6, 6.07) is 6.73. The second kappa shape index (κ2) is 7.18. The number of ether oxygens (including phenoxy) is 1. The van der Waals surface area contributed by atoms with Crippen LogP contribution in [-0.4, -0.2) is 49.1 Å². The van der Waals surface area contributed by atoms with Gasteiger partial charge in [-0.15, -0.1) is 0 Å². The number of amides is 1. The first-order valence-corrected chi connectivity index (χ1v) is 10.9. The van der Waals surface area contributed by atoms with Gasteiger partial charge in [-0.1, -0.05) is 17.7 Å². The number of carbonyl (C=O) groups is 1. The Kier molecular flexibility index (Phi) is 5.40. The average molecular weight is 396 g/mol. The van der Waals surface area contributed by atoms with Gasteiger partial charge in [0, 0.05) is 30.8 Å². The minimum Gasteiger partial charge on any atom is -0.365 e. The lowest BCUT2D eigenvalue weighted by molar-refractivity contribution is -0.151. The number of likely N-dealkylation sites (tertiary alicyclic amines) is 1. The lowest BCUT2D eigenvalue weighted by Gasteiger charge is -2.37. The van der Waals surface area contributed by atoms with Gasteiger partial charge in [0.1, 0.15) is 6.10 Å². The molecular weight excluding hydrogens is 366 g/mol. The fourth-order valence-corrected chi connectivity index (χ4v) is 4.97. The van der Waals surface area contributed by atoms with Crippen LogP contribution in [0.2, 0.25) is 0 Å². The van der Waals surface area contributed by atoms with Gasteiger partial charge in [-0.3, -0.25) is 8.98 Å². The van der Waals surface area contributed by atoms with E-state index in [2.05, 4.69) is 0 Å². The van der Waals surface area contributed by atoms with E-state index < -0.39 is 22.3 Å². The Morgan fingerprint density at radius 1 is 1.04 bits per heavy atom. The lowest BCUT2D eigenvalue weighted by atomic mass is 9.92. The fourth-order valence-electron chi connectivity index (χ4n) is 3.87. The minimum atomic E-state index is -3.77. The molecule has 3 rings (SSSR count). The van der Waals surface area contributed by atoms with Crippen molar-refractivity contribution in [1.82, 2.24) is 4.90 Å². The standard InChI is InChI=1S/C20H29NO5S/c1-13-6-8-17(9-7-13)27(23,24)26-16-11-15(12-16)25-18-10-14(2)21(19(18)22)20(3,4)5/h6-9,14-16,18H,10-12H2,1-5H3. The molecule has 2 unspecified atom stereocenters. The summed E-state index contributed by atoms with van der Waals surface area (Å²) in [5.41, 5.74) is 0.757. The molecule has 1 aromatic rings. The number of hydrogen-bond donors (Lipinski definition) is 0. The van der Waals surface area contributed by atoms with E-state index >= 15 is 0 Å². The molecule has 1 saturated heterocycles. The first-order chi connectivity index (χ1) is 12.5. The fraction of sp³-hybridized carbons (Fsp3) is 0.650. The van der Waals surface area contributed by atoms with Crippen molar-refractivity contribution in [2.75, 3.05) is 0 Å². The summed E-state index contributed by atoms with van der Waals surface area (Å²) in [6.07, 6.45) is 0.661.